The van der Waals surface area contributed by atoms with Crippen molar-refractivity contribution in [2.75, 3.05) is 16.6 Å². The van der Waals surface area contributed by atoms with Gasteiger partial charge in [0.2, 0.25) is 0 Å². The van der Waals surface area contributed by atoms with E-state index in [1.54, 1.807) is 6.92 Å². The molecule has 0 heterocycles. The Morgan fingerprint density at radius 3 is 2.26 bits per heavy atom. The summed E-state index contributed by atoms with van der Waals surface area (Å²) in [4.78, 5) is 23.7. The standard InChI is InChI=1S/C23H18ClF3N2O5S/c1-2-34-22(31)14-6-9-17(10-7-14)28-21(30)15-8-11-19(24)20(12-15)29-35(32,33)18-5-3-4-16(13-18)23(25,26)27/h3-13,29H,2H2,1H3,(H,28,30). The molecule has 12 heteroatoms. The molecule has 0 unspecified atom stereocenters. The molecule has 0 radical (unpaired) electrons. The molecule has 2 N–H and O–H groups in total. The van der Waals surface area contributed by atoms with E-state index in [2.05, 4.69) is 10.0 Å². The number of carbonyl (C=O) groups is 2. The lowest BCUT2D eigenvalue weighted by molar-refractivity contribution is -0.137. The van der Waals surface area contributed by atoms with Gasteiger partial charge in [0.05, 0.1) is 33.3 Å². The maximum Gasteiger partial charge on any atom is 0.416 e. The fourth-order valence-electron chi connectivity index (χ4n) is 2.90. The van der Waals surface area contributed by atoms with Gasteiger partial charge in [-0.15, -0.1) is 0 Å². The van der Waals surface area contributed by atoms with Crippen LogP contribution < -0.4 is 10.0 Å². The van der Waals surface area contributed by atoms with E-state index in [0.717, 1.165) is 24.3 Å². The van der Waals surface area contributed by atoms with Crippen LogP contribution in [0.25, 0.3) is 0 Å². The lowest BCUT2D eigenvalue weighted by Crippen LogP contribution is -2.16. The van der Waals surface area contributed by atoms with E-state index in [4.69, 9.17) is 16.3 Å². The number of alkyl halides is 3. The van der Waals surface area contributed by atoms with Gasteiger partial charge in [-0.1, -0.05) is 17.7 Å². The van der Waals surface area contributed by atoms with Crippen LogP contribution in [0.5, 0.6) is 0 Å². The molecule has 184 valence electrons. The van der Waals surface area contributed by atoms with Gasteiger partial charge in [-0.05, 0) is 67.6 Å². The van der Waals surface area contributed by atoms with Crippen molar-refractivity contribution in [3.05, 3.63) is 88.4 Å². The predicted octanol–water partition coefficient (Wildman–Crippen LogP) is 5.59. The summed E-state index contributed by atoms with van der Waals surface area (Å²) in [5.74, 6) is -1.13. The third-order valence-electron chi connectivity index (χ3n) is 4.60. The fraction of sp³-hybridized carbons (Fsp3) is 0.130. The van der Waals surface area contributed by atoms with Gasteiger partial charge >= 0.3 is 12.1 Å². The van der Waals surface area contributed by atoms with E-state index in [1.807, 2.05) is 0 Å². The SMILES string of the molecule is CCOC(=O)c1ccc(NC(=O)c2ccc(Cl)c(NS(=O)(=O)c3cccc(C(F)(F)F)c3)c2)cc1. The third-order valence-corrected chi connectivity index (χ3v) is 6.29. The predicted molar refractivity (Wildman–Crippen MR) is 124 cm³/mol. The Kier molecular flexibility index (Phi) is 7.71. The maximum atomic E-state index is 13.0. The number of carbonyl (C=O) groups excluding carboxylic acids is 2. The molecule has 0 aliphatic rings. The van der Waals surface area contributed by atoms with Crippen molar-refractivity contribution in [2.24, 2.45) is 0 Å². The molecular formula is C23H18ClF3N2O5S. The summed E-state index contributed by atoms with van der Waals surface area (Å²) >= 11 is 6.05. The van der Waals surface area contributed by atoms with Crippen LogP contribution in [0.4, 0.5) is 24.5 Å². The quantitative estimate of drug-likeness (QED) is 0.391. The van der Waals surface area contributed by atoms with Crippen molar-refractivity contribution in [3.63, 3.8) is 0 Å². The molecule has 0 spiro atoms. The summed E-state index contributed by atoms with van der Waals surface area (Å²) in [6.45, 7) is 1.89. The molecular weight excluding hydrogens is 509 g/mol. The highest BCUT2D eigenvalue weighted by Crippen LogP contribution is 2.32. The van der Waals surface area contributed by atoms with E-state index < -0.39 is 38.5 Å². The smallest absolute Gasteiger partial charge is 0.416 e. The molecule has 0 saturated heterocycles. The van der Waals surface area contributed by atoms with Gasteiger partial charge in [0.15, 0.2) is 0 Å². The van der Waals surface area contributed by atoms with Crippen LogP contribution >= 0.6 is 11.6 Å². The van der Waals surface area contributed by atoms with Crippen LogP contribution in [0.3, 0.4) is 0 Å². The van der Waals surface area contributed by atoms with Crippen molar-refractivity contribution in [1.29, 1.82) is 0 Å². The van der Waals surface area contributed by atoms with Crippen LogP contribution in [-0.4, -0.2) is 26.9 Å². The van der Waals surface area contributed by atoms with E-state index in [1.165, 1.54) is 36.4 Å². The summed E-state index contributed by atoms with van der Waals surface area (Å²) in [5, 5.41) is 2.51. The van der Waals surface area contributed by atoms with E-state index in [9.17, 15) is 31.2 Å². The van der Waals surface area contributed by atoms with Gasteiger partial charge in [-0.25, -0.2) is 13.2 Å². The molecule has 0 aliphatic heterocycles. The number of benzene rings is 3. The summed E-state index contributed by atoms with van der Waals surface area (Å²) in [6, 6.07) is 12.9. The van der Waals surface area contributed by atoms with Crippen molar-refractivity contribution in [2.45, 2.75) is 18.0 Å². The molecule has 35 heavy (non-hydrogen) atoms. The number of rotatable bonds is 7. The number of anilines is 2. The lowest BCUT2D eigenvalue weighted by Gasteiger charge is -2.13. The largest absolute Gasteiger partial charge is 0.462 e. The molecule has 0 fully saturated rings. The van der Waals surface area contributed by atoms with Gasteiger partial charge in [0, 0.05) is 11.3 Å². The number of ether oxygens (including phenoxy) is 1. The Hall–Kier alpha value is -3.57. The Morgan fingerprint density at radius 2 is 1.63 bits per heavy atom. The summed E-state index contributed by atoms with van der Waals surface area (Å²) in [5.41, 5.74) is -0.666. The van der Waals surface area contributed by atoms with E-state index >= 15 is 0 Å². The number of amides is 1. The van der Waals surface area contributed by atoms with Gasteiger partial charge in [0.25, 0.3) is 15.9 Å². The van der Waals surface area contributed by atoms with Crippen LogP contribution in [0.1, 0.15) is 33.2 Å². The molecule has 7 nitrogen and oxygen atoms in total. The summed E-state index contributed by atoms with van der Waals surface area (Å²) in [7, 11) is -4.45. The fourth-order valence-corrected chi connectivity index (χ4v) is 4.23. The molecule has 0 aromatic heterocycles. The molecule has 3 aromatic rings. The zero-order chi connectivity index (χ0) is 25.8. The second-order valence-corrected chi connectivity index (χ2v) is 9.17. The molecule has 1 amide bonds. The number of sulfonamides is 1. The number of halogens is 4. The Labute approximate surface area is 203 Å². The molecule has 3 aromatic carbocycles. The molecule has 0 bridgehead atoms. The minimum atomic E-state index is -4.73. The zero-order valence-electron chi connectivity index (χ0n) is 18.0. The highest BCUT2D eigenvalue weighted by atomic mass is 35.5. The lowest BCUT2D eigenvalue weighted by atomic mass is 10.1. The zero-order valence-corrected chi connectivity index (χ0v) is 19.6. The topological polar surface area (TPSA) is 102 Å². The Morgan fingerprint density at radius 1 is 0.971 bits per heavy atom. The van der Waals surface area contributed by atoms with E-state index in [-0.39, 0.29) is 22.9 Å². The summed E-state index contributed by atoms with van der Waals surface area (Å²) in [6.07, 6.45) is -4.73. The van der Waals surface area contributed by atoms with Crippen LogP contribution in [0, 0.1) is 0 Å². The molecule has 0 aliphatic carbocycles. The highest BCUT2D eigenvalue weighted by Gasteiger charge is 2.31. The first kappa shape index (κ1) is 26.0. The first-order valence-corrected chi connectivity index (χ1v) is 11.8. The number of hydrogen-bond donors (Lipinski definition) is 2. The van der Waals surface area contributed by atoms with Crippen molar-refractivity contribution in [1.82, 2.24) is 0 Å². The second-order valence-electron chi connectivity index (χ2n) is 7.08. The third kappa shape index (κ3) is 6.52. The highest BCUT2D eigenvalue weighted by molar-refractivity contribution is 7.92. The average Bonchev–Trinajstić information content (AvgIpc) is 2.80. The first-order valence-electron chi connectivity index (χ1n) is 9.99. The van der Waals surface area contributed by atoms with E-state index in [0.29, 0.717) is 17.3 Å². The number of esters is 1. The van der Waals surface area contributed by atoms with Crippen LogP contribution in [-0.2, 0) is 20.9 Å². The Balaban J connectivity index is 1.80. The molecule has 0 saturated carbocycles. The van der Waals surface area contributed by atoms with Crippen molar-refractivity contribution in [3.8, 4) is 0 Å². The maximum absolute atomic E-state index is 13.0. The molecule has 3 rings (SSSR count). The molecule has 0 atom stereocenters. The van der Waals surface area contributed by atoms with Gasteiger partial charge in [0.1, 0.15) is 0 Å². The Bertz CT molecular complexity index is 1360. The minimum absolute atomic E-state index is 0.0191. The van der Waals surface area contributed by atoms with Gasteiger partial charge in [-0.2, -0.15) is 13.2 Å². The van der Waals surface area contributed by atoms with Crippen LogP contribution in [0.2, 0.25) is 5.02 Å². The summed E-state index contributed by atoms with van der Waals surface area (Å²) < 4.78 is 71.2. The minimum Gasteiger partial charge on any atom is -0.462 e. The number of nitrogens with one attached hydrogen (secondary N) is 2. The van der Waals surface area contributed by atoms with Crippen molar-refractivity contribution >= 4 is 44.9 Å². The monoisotopic (exact) mass is 526 g/mol. The second kappa shape index (κ2) is 10.4. The average molecular weight is 527 g/mol. The van der Waals surface area contributed by atoms with Crippen LogP contribution in [0.15, 0.2) is 71.6 Å². The first-order chi connectivity index (χ1) is 16.4. The normalized spacial score (nSPS) is 11.6. The van der Waals surface area contributed by atoms with Crippen molar-refractivity contribution < 1.29 is 35.9 Å². The number of hydrogen-bond acceptors (Lipinski definition) is 5. The van der Waals surface area contributed by atoms with Gasteiger partial charge < -0.3 is 10.1 Å². The van der Waals surface area contributed by atoms with Gasteiger partial charge in [-0.3, -0.25) is 9.52 Å².